The van der Waals surface area contributed by atoms with Crippen LogP contribution in [0.25, 0.3) is 0 Å². The molecular weight excluding hydrogens is 272 g/mol. The number of nitrogens with zero attached hydrogens (tertiary/aromatic N) is 1. The fourth-order valence-corrected chi connectivity index (χ4v) is 2.19. The molecule has 3 nitrogen and oxygen atoms in total. The lowest BCUT2D eigenvalue weighted by molar-refractivity contribution is 0.302. The van der Waals surface area contributed by atoms with Crippen molar-refractivity contribution in [1.29, 1.82) is 0 Å². The minimum atomic E-state index is 0.120. The number of para-hydroxylation sites is 1. The zero-order chi connectivity index (χ0) is 14.4. The smallest absolute Gasteiger partial charge is 0.141 e. The molecule has 0 spiro atoms. The van der Waals surface area contributed by atoms with Crippen molar-refractivity contribution in [1.82, 2.24) is 4.98 Å². The predicted octanol–water partition coefficient (Wildman–Crippen LogP) is 3.59. The molecule has 0 aliphatic rings. The van der Waals surface area contributed by atoms with Crippen LogP contribution in [0.5, 0.6) is 5.75 Å². The number of aromatic nitrogens is 1. The highest BCUT2D eigenvalue weighted by Gasteiger charge is 2.11. The van der Waals surface area contributed by atoms with Crippen molar-refractivity contribution in [2.75, 3.05) is 0 Å². The van der Waals surface area contributed by atoms with Crippen molar-refractivity contribution in [3.63, 3.8) is 0 Å². The fraction of sp³-hybridized carbons (Fsp3) is 0.312. The first-order valence-corrected chi connectivity index (χ1v) is 7.13. The Kier molecular flexibility index (Phi) is 5.39. The van der Waals surface area contributed by atoms with Crippen LogP contribution in [0.4, 0.5) is 0 Å². The molecule has 2 N–H and O–H groups in total. The number of benzene rings is 1. The van der Waals surface area contributed by atoms with Gasteiger partial charge in [0.2, 0.25) is 0 Å². The molecule has 0 radical (unpaired) electrons. The molecule has 1 aromatic carbocycles. The Morgan fingerprint density at radius 1 is 1.30 bits per heavy atom. The summed E-state index contributed by atoms with van der Waals surface area (Å²) in [5, 5.41) is 0.620. The third kappa shape index (κ3) is 3.95. The van der Waals surface area contributed by atoms with Crippen LogP contribution in [-0.4, -0.2) is 11.0 Å². The van der Waals surface area contributed by atoms with Crippen LogP contribution in [0.1, 0.15) is 24.5 Å². The number of halogens is 1. The average molecular weight is 291 g/mol. The van der Waals surface area contributed by atoms with Crippen LogP contribution >= 0.6 is 11.6 Å². The molecular formula is C16H19ClN2O. The highest BCUT2D eigenvalue weighted by Crippen LogP contribution is 2.30. The van der Waals surface area contributed by atoms with E-state index >= 15 is 0 Å². The summed E-state index contributed by atoms with van der Waals surface area (Å²) in [6, 6.07) is 9.76. The van der Waals surface area contributed by atoms with Crippen molar-refractivity contribution in [3.8, 4) is 5.75 Å². The van der Waals surface area contributed by atoms with E-state index in [4.69, 9.17) is 22.1 Å². The van der Waals surface area contributed by atoms with Gasteiger partial charge in [-0.2, -0.15) is 0 Å². The van der Waals surface area contributed by atoms with Gasteiger partial charge in [0.25, 0.3) is 0 Å². The molecule has 0 amide bonds. The maximum absolute atomic E-state index is 6.24. The number of pyridine rings is 1. The lowest BCUT2D eigenvalue weighted by atomic mass is 10.0. The van der Waals surface area contributed by atoms with E-state index in [1.54, 1.807) is 12.4 Å². The van der Waals surface area contributed by atoms with Gasteiger partial charge < -0.3 is 10.5 Å². The van der Waals surface area contributed by atoms with Crippen LogP contribution < -0.4 is 10.5 Å². The first-order valence-electron chi connectivity index (χ1n) is 6.75. The van der Waals surface area contributed by atoms with E-state index < -0.39 is 0 Å². The average Bonchev–Trinajstić information content (AvgIpc) is 2.47. The van der Waals surface area contributed by atoms with Gasteiger partial charge >= 0.3 is 0 Å². The third-order valence-electron chi connectivity index (χ3n) is 3.16. The second kappa shape index (κ2) is 7.27. The predicted molar refractivity (Wildman–Crippen MR) is 82.0 cm³/mol. The molecule has 1 unspecified atom stereocenters. The van der Waals surface area contributed by atoms with Crippen molar-refractivity contribution < 1.29 is 4.74 Å². The molecule has 1 atom stereocenters. The molecule has 0 bridgehead atoms. The maximum atomic E-state index is 6.24. The Morgan fingerprint density at radius 2 is 2.15 bits per heavy atom. The number of hydrogen-bond donors (Lipinski definition) is 1. The zero-order valence-corrected chi connectivity index (χ0v) is 12.3. The summed E-state index contributed by atoms with van der Waals surface area (Å²) in [5.41, 5.74) is 8.09. The lowest BCUT2D eigenvalue weighted by Gasteiger charge is -2.15. The van der Waals surface area contributed by atoms with E-state index in [-0.39, 0.29) is 6.04 Å². The van der Waals surface area contributed by atoms with Crippen LogP contribution in [0.3, 0.4) is 0 Å². The number of ether oxygens (including phenoxy) is 1. The quantitative estimate of drug-likeness (QED) is 0.884. The molecule has 2 rings (SSSR count). The van der Waals surface area contributed by atoms with Crippen molar-refractivity contribution in [2.45, 2.75) is 32.4 Å². The van der Waals surface area contributed by atoms with Gasteiger partial charge in [0.1, 0.15) is 12.4 Å². The van der Waals surface area contributed by atoms with Crippen molar-refractivity contribution in [2.24, 2.45) is 5.73 Å². The molecule has 20 heavy (non-hydrogen) atoms. The molecule has 0 saturated heterocycles. The van der Waals surface area contributed by atoms with Gasteiger partial charge in [-0.1, -0.05) is 36.7 Å². The van der Waals surface area contributed by atoms with E-state index in [0.717, 1.165) is 29.7 Å². The van der Waals surface area contributed by atoms with Gasteiger partial charge in [-0.15, -0.1) is 0 Å². The Bertz CT molecular complexity index is 545. The highest BCUT2D eigenvalue weighted by molar-refractivity contribution is 6.32. The second-order valence-electron chi connectivity index (χ2n) is 4.75. The van der Waals surface area contributed by atoms with Crippen LogP contribution in [0, 0.1) is 0 Å². The minimum absolute atomic E-state index is 0.120. The second-order valence-corrected chi connectivity index (χ2v) is 5.16. The van der Waals surface area contributed by atoms with E-state index in [1.165, 1.54) is 0 Å². The van der Waals surface area contributed by atoms with Crippen molar-refractivity contribution in [3.05, 3.63) is 58.9 Å². The SMILES string of the molecule is CCC(N)Cc1cccc(Cl)c1OCc1cccnc1. The molecule has 1 aromatic heterocycles. The Balaban J connectivity index is 2.13. The summed E-state index contributed by atoms with van der Waals surface area (Å²) in [5.74, 6) is 0.724. The largest absolute Gasteiger partial charge is 0.487 e. The third-order valence-corrected chi connectivity index (χ3v) is 3.46. The number of rotatable bonds is 6. The fourth-order valence-electron chi connectivity index (χ4n) is 1.94. The molecule has 106 valence electrons. The summed E-state index contributed by atoms with van der Waals surface area (Å²) < 4.78 is 5.87. The molecule has 0 fully saturated rings. The highest BCUT2D eigenvalue weighted by atomic mass is 35.5. The maximum Gasteiger partial charge on any atom is 0.141 e. The lowest BCUT2D eigenvalue weighted by Crippen LogP contribution is -2.21. The first kappa shape index (κ1) is 14.8. The van der Waals surface area contributed by atoms with Gasteiger partial charge in [-0.05, 0) is 30.5 Å². The summed E-state index contributed by atoms with van der Waals surface area (Å²) in [4.78, 5) is 4.07. The Morgan fingerprint density at radius 3 is 2.85 bits per heavy atom. The summed E-state index contributed by atoms with van der Waals surface area (Å²) in [6.45, 7) is 2.53. The zero-order valence-electron chi connectivity index (χ0n) is 11.6. The Labute approximate surface area is 124 Å². The van der Waals surface area contributed by atoms with E-state index in [9.17, 15) is 0 Å². The molecule has 0 aliphatic heterocycles. The van der Waals surface area contributed by atoms with Crippen molar-refractivity contribution >= 4 is 11.6 Å². The van der Waals surface area contributed by atoms with E-state index in [2.05, 4.69) is 11.9 Å². The summed E-state index contributed by atoms with van der Waals surface area (Å²) in [7, 11) is 0. The van der Waals surface area contributed by atoms with Crippen LogP contribution in [0.2, 0.25) is 5.02 Å². The van der Waals surface area contributed by atoms with Gasteiger partial charge in [0.05, 0.1) is 5.02 Å². The van der Waals surface area contributed by atoms with Crippen LogP contribution in [-0.2, 0) is 13.0 Å². The summed E-state index contributed by atoms with van der Waals surface area (Å²) >= 11 is 6.24. The van der Waals surface area contributed by atoms with E-state index in [0.29, 0.717) is 11.6 Å². The summed E-state index contributed by atoms with van der Waals surface area (Å²) in [6.07, 6.45) is 5.22. The molecule has 4 heteroatoms. The molecule has 2 aromatic rings. The standard InChI is InChI=1S/C16H19ClN2O/c1-2-14(18)9-13-6-3-7-15(17)16(13)20-11-12-5-4-8-19-10-12/h3-8,10,14H,2,9,11,18H2,1H3. The number of hydrogen-bond acceptors (Lipinski definition) is 3. The first-order chi connectivity index (χ1) is 9.70. The molecule has 0 aliphatic carbocycles. The van der Waals surface area contributed by atoms with Crippen LogP contribution in [0.15, 0.2) is 42.7 Å². The van der Waals surface area contributed by atoms with Gasteiger partial charge in [0.15, 0.2) is 0 Å². The Hall–Kier alpha value is -1.58. The van der Waals surface area contributed by atoms with Gasteiger partial charge in [-0.25, -0.2) is 0 Å². The molecule has 1 heterocycles. The number of nitrogens with two attached hydrogens (primary N) is 1. The minimum Gasteiger partial charge on any atom is -0.487 e. The van der Waals surface area contributed by atoms with E-state index in [1.807, 2.05) is 30.3 Å². The van der Waals surface area contributed by atoms with Gasteiger partial charge in [0, 0.05) is 24.0 Å². The topological polar surface area (TPSA) is 48.1 Å². The normalized spacial score (nSPS) is 12.2. The molecule has 0 saturated carbocycles. The van der Waals surface area contributed by atoms with Gasteiger partial charge in [-0.3, -0.25) is 4.98 Å². The monoisotopic (exact) mass is 290 g/mol.